The third kappa shape index (κ3) is 1.46. The number of fused-ring (bicyclic) bond motifs is 2. The van der Waals surface area contributed by atoms with Crippen LogP contribution in [0.2, 0.25) is 0 Å². The summed E-state index contributed by atoms with van der Waals surface area (Å²) in [6.07, 6.45) is 2.21. The van der Waals surface area contributed by atoms with E-state index in [1.165, 1.54) is 27.8 Å². The van der Waals surface area contributed by atoms with E-state index in [1.807, 2.05) is 0 Å². The van der Waals surface area contributed by atoms with Crippen LogP contribution in [-0.4, -0.2) is 0 Å². The highest BCUT2D eigenvalue weighted by Crippen LogP contribution is 2.29. The van der Waals surface area contributed by atoms with Gasteiger partial charge in [0.15, 0.2) is 0 Å². The summed E-state index contributed by atoms with van der Waals surface area (Å²) in [5.74, 6) is 0. The molecule has 0 atom stereocenters. The Bertz CT molecular complexity index is 550. The van der Waals surface area contributed by atoms with Crippen molar-refractivity contribution in [2.24, 2.45) is 0 Å². The SMILES string of the molecule is Cc1ccc2c(c1)Cc1cccc(C)c1C2. The molecule has 2 aromatic carbocycles. The van der Waals surface area contributed by atoms with Crippen molar-refractivity contribution in [2.45, 2.75) is 26.7 Å². The minimum atomic E-state index is 1.11. The highest BCUT2D eigenvalue weighted by molar-refractivity contribution is 5.48. The Kier molecular flexibility index (Phi) is 2.10. The fourth-order valence-electron chi connectivity index (χ4n) is 2.67. The van der Waals surface area contributed by atoms with Crippen molar-refractivity contribution in [3.8, 4) is 0 Å². The van der Waals surface area contributed by atoms with Crippen LogP contribution in [0.1, 0.15) is 33.4 Å². The smallest absolute Gasteiger partial charge is 0.00174 e. The molecule has 0 radical (unpaired) electrons. The van der Waals surface area contributed by atoms with E-state index in [0.29, 0.717) is 0 Å². The summed E-state index contributed by atoms with van der Waals surface area (Å²) in [6.45, 7) is 4.39. The largest absolute Gasteiger partial charge is 0.0617 e. The van der Waals surface area contributed by atoms with Crippen LogP contribution in [-0.2, 0) is 12.8 Å². The number of hydrogen-bond donors (Lipinski definition) is 0. The lowest BCUT2D eigenvalue weighted by Gasteiger charge is -2.21. The van der Waals surface area contributed by atoms with Gasteiger partial charge in [-0.2, -0.15) is 0 Å². The summed E-state index contributed by atoms with van der Waals surface area (Å²) in [7, 11) is 0. The first-order valence-corrected chi connectivity index (χ1v) is 5.90. The highest BCUT2D eigenvalue weighted by Gasteiger charge is 2.15. The van der Waals surface area contributed by atoms with Crippen LogP contribution in [0.15, 0.2) is 36.4 Å². The molecule has 0 spiro atoms. The summed E-state index contributed by atoms with van der Waals surface area (Å²) in [4.78, 5) is 0. The second-order valence-electron chi connectivity index (χ2n) is 4.84. The Balaban J connectivity index is 2.13. The molecule has 0 saturated heterocycles. The van der Waals surface area contributed by atoms with Crippen molar-refractivity contribution in [3.63, 3.8) is 0 Å². The maximum absolute atomic E-state index is 2.33. The molecule has 80 valence electrons. The molecule has 1 aliphatic rings. The number of rotatable bonds is 0. The third-order valence-corrected chi connectivity index (χ3v) is 3.62. The minimum absolute atomic E-state index is 1.11. The van der Waals surface area contributed by atoms with Crippen molar-refractivity contribution in [1.29, 1.82) is 0 Å². The molecule has 0 saturated carbocycles. The van der Waals surface area contributed by atoms with Crippen molar-refractivity contribution in [3.05, 3.63) is 69.8 Å². The van der Waals surface area contributed by atoms with Gasteiger partial charge in [-0.3, -0.25) is 0 Å². The molecule has 0 N–H and O–H groups in total. The zero-order chi connectivity index (χ0) is 11.1. The van der Waals surface area contributed by atoms with Gasteiger partial charge < -0.3 is 0 Å². The van der Waals surface area contributed by atoms with Gasteiger partial charge in [-0.1, -0.05) is 42.0 Å². The number of aryl methyl sites for hydroxylation is 2. The van der Waals surface area contributed by atoms with Gasteiger partial charge in [-0.15, -0.1) is 0 Å². The first kappa shape index (κ1) is 9.65. The molecule has 16 heavy (non-hydrogen) atoms. The van der Waals surface area contributed by atoms with E-state index in [-0.39, 0.29) is 0 Å². The Labute approximate surface area is 96.9 Å². The van der Waals surface area contributed by atoms with Crippen molar-refractivity contribution < 1.29 is 0 Å². The van der Waals surface area contributed by atoms with Gasteiger partial charge in [0.05, 0.1) is 0 Å². The average Bonchev–Trinajstić information content (AvgIpc) is 2.27. The van der Waals surface area contributed by atoms with Crippen LogP contribution in [0, 0.1) is 13.8 Å². The summed E-state index contributed by atoms with van der Waals surface area (Å²) >= 11 is 0. The Morgan fingerprint density at radius 3 is 2.56 bits per heavy atom. The third-order valence-electron chi connectivity index (χ3n) is 3.62. The van der Waals surface area contributed by atoms with Gasteiger partial charge in [0, 0.05) is 0 Å². The van der Waals surface area contributed by atoms with E-state index < -0.39 is 0 Å². The van der Waals surface area contributed by atoms with Crippen LogP contribution in [0.4, 0.5) is 0 Å². The lowest BCUT2D eigenvalue weighted by atomic mass is 9.83. The maximum Gasteiger partial charge on any atom is -0.00174 e. The van der Waals surface area contributed by atoms with E-state index in [0.717, 1.165) is 12.8 Å². The Hall–Kier alpha value is -1.56. The van der Waals surface area contributed by atoms with Crippen LogP contribution in [0.25, 0.3) is 0 Å². The normalized spacial score (nSPS) is 13.1. The zero-order valence-corrected chi connectivity index (χ0v) is 9.88. The van der Waals surface area contributed by atoms with Gasteiger partial charge in [0.1, 0.15) is 0 Å². The quantitative estimate of drug-likeness (QED) is 0.527. The van der Waals surface area contributed by atoms with E-state index in [9.17, 15) is 0 Å². The summed E-state index contributed by atoms with van der Waals surface area (Å²) < 4.78 is 0. The molecule has 0 fully saturated rings. The van der Waals surface area contributed by atoms with Crippen molar-refractivity contribution in [2.75, 3.05) is 0 Å². The predicted molar refractivity (Wildman–Crippen MR) is 68.0 cm³/mol. The lowest BCUT2D eigenvalue weighted by molar-refractivity contribution is 0.982. The monoisotopic (exact) mass is 208 g/mol. The molecule has 0 heterocycles. The maximum atomic E-state index is 2.33. The zero-order valence-electron chi connectivity index (χ0n) is 9.88. The van der Waals surface area contributed by atoms with Crippen LogP contribution in [0.5, 0.6) is 0 Å². The average molecular weight is 208 g/mol. The lowest BCUT2D eigenvalue weighted by Crippen LogP contribution is -2.08. The van der Waals surface area contributed by atoms with Gasteiger partial charge in [-0.05, 0) is 54.5 Å². The van der Waals surface area contributed by atoms with Crippen LogP contribution < -0.4 is 0 Å². The molecular weight excluding hydrogens is 192 g/mol. The topological polar surface area (TPSA) is 0 Å². The highest BCUT2D eigenvalue weighted by atomic mass is 14.2. The summed E-state index contributed by atoms with van der Waals surface area (Å²) in [5, 5.41) is 0. The molecule has 2 aromatic rings. The van der Waals surface area contributed by atoms with Gasteiger partial charge in [-0.25, -0.2) is 0 Å². The second-order valence-corrected chi connectivity index (χ2v) is 4.84. The van der Waals surface area contributed by atoms with E-state index in [1.54, 1.807) is 5.56 Å². The van der Waals surface area contributed by atoms with Gasteiger partial charge in [0.25, 0.3) is 0 Å². The van der Waals surface area contributed by atoms with Crippen LogP contribution >= 0.6 is 0 Å². The molecular formula is C16H16. The molecule has 0 heteroatoms. The van der Waals surface area contributed by atoms with Gasteiger partial charge >= 0.3 is 0 Å². The Morgan fingerprint density at radius 2 is 1.69 bits per heavy atom. The molecule has 0 amide bonds. The second kappa shape index (κ2) is 3.48. The number of benzene rings is 2. The molecule has 1 aliphatic carbocycles. The first-order chi connectivity index (χ1) is 7.74. The standard InChI is InChI=1S/C16H16/c1-11-6-7-13-10-16-12(2)4-3-5-14(16)9-15(13)8-11/h3-8H,9-10H2,1-2H3. The molecule has 0 aromatic heterocycles. The van der Waals surface area contributed by atoms with E-state index in [2.05, 4.69) is 50.2 Å². The summed E-state index contributed by atoms with van der Waals surface area (Å²) in [5.41, 5.74) is 8.88. The van der Waals surface area contributed by atoms with Crippen molar-refractivity contribution >= 4 is 0 Å². The number of hydrogen-bond acceptors (Lipinski definition) is 0. The Morgan fingerprint density at radius 1 is 0.812 bits per heavy atom. The molecule has 3 rings (SSSR count). The fourth-order valence-corrected chi connectivity index (χ4v) is 2.67. The molecule has 0 nitrogen and oxygen atoms in total. The molecule has 0 aliphatic heterocycles. The van der Waals surface area contributed by atoms with Crippen molar-refractivity contribution in [1.82, 2.24) is 0 Å². The van der Waals surface area contributed by atoms with E-state index >= 15 is 0 Å². The van der Waals surface area contributed by atoms with E-state index in [4.69, 9.17) is 0 Å². The minimum Gasteiger partial charge on any atom is -0.0617 e. The fraction of sp³-hybridized carbons (Fsp3) is 0.250. The first-order valence-electron chi connectivity index (χ1n) is 5.90. The molecule has 0 unspecified atom stereocenters. The predicted octanol–water partition coefficient (Wildman–Crippen LogP) is 3.80. The molecule has 0 bridgehead atoms. The van der Waals surface area contributed by atoms with Gasteiger partial charge in [0.2, 0.25) is 0 Å². The van der Waals surface area contributed by atoms with Crippen LogP contribution in [0.3, 0.4) is 0 Å². The summed E-state index contributed by atoms with van der Waals surface area (Å²) in [6, 6.07) is 13.5.